The molecule has 1 aromatic rings. The van der Waals surface area contributed by atoms with E-state index < -0.39 is 21.7 Å². The van der Waals surface area contributed by atoms with Gasteiger partial charge in [-0.25, -0.2) is 13.4 Å². The molecule has 0 bridgehead atoms. The maximum atomic E-state index is 12.0. The van der Waals surface area contributed by atoms with Crippen LogP contribution < -0.4 is 10.6 Å². The number of esters is 1. The number of hydrogen-bond donors (Lipinski definition) is 1. The van der Waals surface area contributed by atoms with Gasteiger partial charge in [0.15, 0.2) is 11.6 Å². The predicted molar refractivity (Wildman–Crippen MR) is 78.2 cm³/mol. The first-order chi connectivity index (χ1) is 9.94. The van der Waals surface area contributed by atoms with Crippen LogP contribution in [0.4, 0.5) is 11.5 Å². The number of anilines is 2. The summed E-state index contributed by atoms with van der Waals surface area (Å²) in [4.78, 5) is 17.3. The van der Waals surface area contributed by atoms with Crippen LogP contribution in [0.2, 0.25) is 0 Å². The van der Waals surface area contributed by atoms with Crippen molar-refractivity contribution >= 4 is 27.5 Å². The van der Waals surface area contributed by atoms with Crippen LogP contribution in [0.25, 0.3) is 0 Å². The third kappa shape index (κ3) is 3.61. The molecule has 0 aliphatic carbocycles. The number of carbonyl (C=O) groups is 1. The van der Waals surface area contributed by atoms with Crippen molar-refractivity contribution in [2.75, 3.05) is 49.7 Å². The summed E-state index contributed by atoms with van der Waals surface area (Å²) < 4.78 is 29.8. The van der Waals surface area contributed by atoms with Gasteiger partial charge in [0.2, 0.25) is 10.0 Å². The van der Waals surface area contributed by atoms with Crippen molar-refractivity contribution in [3.63, 3.8) is 0 Å². The highest BCUT2D eigenvalue weighted by atomic mass is 32.2. The van der Waals surface area contributed by atoms with Gasteiger partial charge in [-0.1, -0.05) is 0 Å². The normalized spacial score (nSPS) is 16.7. The van der Waals surface area contributed by atoms with Crippen LogP contribution >= 0.6 is 0 Å². The van der Waals surface area contributed by atoms with E-state index in [2.05, 4.69) is 9.72 Å². The molecule has 0 saturated carbocycles. The van der Waals surface area contributed by atoms with Gasteiger partial charge in [0, 0.05) is 32.4 Å². The predicted octanol–water partition coefficient (Wildman–Crippen LogP) is -0.711. The summed E-state index contributed by atoms with van der Waals surface area (Å²) in [6, 6.07) is 3.50. The maximum absolute atomic E-state index is 12.0. The first-order valence-corrected chi connectivity index (χ1v) is 8.05. The third-order valence-corrected chi connectivity index (χ3v) is 5.03. The number of carbonyl (C=O) groups excluding carboxylic acids is 1. The molecular formula is C12H18N4O4S. The van der Waals surface area contributed by atoms with E-state index in [1.54, 1.807) is 18.3 Å². The van der Waals surface area contributed by atoms with E-state index in [-0.39, 0.29) is 13.1 Å². The SMILES string of the molecule is COC(=O)CS(=O)(=O)N1CCN(c2ncccc2N)CC1. The second-order valence-corrected chi connectivity index (χ2v) is 6.60. The average Bonchev–Trinajstić information content (AvgIpc) is 2.47. The Bertz CT molecular complexity index is 611. The lowest BCUT2D eigenvalue weighted by molar-refractivity contribution is -0.137. The number of nitrogen functional groups attached to an aromatic ring is 1. The molecule has 1 fully saturated rings. The van der Waals surface area contributed by atoms with Crippen molar-refractivity contribution in [2.24, 2.45) is 0 Å². The molecule has 0 spiro atoms. The number of hydrogen-bond acceptors (Lipinski definition) is 7. The summed E-state index contributed by atoms with van der Waals surface area (Å²) in [6.07, 6.45) is 1.64. The van der Waals surface area contributed by atoms with E-state index in [0.717, 1.165) is 0 Å². The van der Waals surface area contributed by atoms with Crippen LogP contribution in [0.1, 0.15) is 0 Å². The van der Waals surface area contributed by atoms with Crippen LogP contribution in [0.5, 0.6) is 0 Å². The number of rotatable bonds is 4. The van der Waals surface area contributed by atoms with Gasteiger partial charge < -0.3 is 15.4 Å². The first kappa shape index (κ1) is 15.5. The zero-order valence-electron chi connectivity index (χ0n) is 11.7. The van der Waals surface area contributed by atoms with Gasteiger partial charge >= 0.3 is 5.97 Å². The van der Waals surface area contributed by atoms with Gasteiger partial charge in [-0.2, -0.15) is 4.31 Å². The smallest absolute Gasteiger partial charge is 0.322 e. The molecule has 1 aliphatic heterocycles. The van der Waals surface area contributed by atoms with E-state index in [1.807, 2.05) is 4.90 Å². The molecule has 9 heteroatoms. The van der Waals surface area contributed by atoms with Crippen LogP contribution in [0, 0.1) is 0 Å². The molecule has 0 atom stereocenters. The number of methoxy groups -OCH3 is 1. The monoisotopic (exact) mass is 314 g/mol. The van der Waals surface area contributed by atoms with Crippen molar-refractivity contribution in [2.45, 2.75) is 0 Å². The Balaban J connectivity index is 2.00. The van der Waals surface area contributed by atoms with Crippen molar-refractivity contribution in [1.29, 1.82) is 0 Å². The largest absolute Gasteiger partial charge is 0.468 e. The molecule has 2 N–H and O–H groups in total. The molecule has 21 heavy (non-hydrogen) atoms. The Labute approximate surface area is 123 Å². The zero-order chi connectivity index (χ0) is 15.5. The summed E-state index contributed by atoms with van der Waals surface area (Å²) in [5.74, 6) is -0.733. The highest BCUT2D eigenvalue weighted by Gasteiger charge is 2.30. The fraction of sp³-hybridized carbons (Fsp3) is 0.500. The lowest BCUT2D eigenvalue weighted by atomic mass is 10.3. The van der Waals surface area contributed by atoms with E-state index in [1.165, 1.54) is 11.4 Å². The van der Waals surface area contributed by atoms with Crippen molar-refractivity contribution in [1.82, 2.24) is 9.29 Å². The maximum Gasteiger partial charge on any atom is 0.322 e. The van der Waals surface area contributed by atoms with Gasteiger partial charge in [0.05, 0.1) is 12.8 Å². The second kappa shape index (κ2) is 6.27. The molecule has 8 nitrogen and oxygen atoms in total. The van der Waals surface area contributed by atoms with Crippen LogP contribution in [0.15, 0.2) is 18.3 Å². The average molecular weight is 314 g/mol. The zero-order valence-corrected chi connectivity index (χ0v) is 12.5. The number of ether oxygens (including phenoxy) is 1. The van der Waals surface area contributed by atoms with Gasteiger partial charge in [-0.05, 0) is 12.1 Å². The Hall–Kier alpha value is -1.87. The van der Waals surface area contributed by atoms with Crippen LogP contribution in [0.3, 0.4) is 0 Å². The third-order valence-electron chi connectivity index (χ3n) is 3.28. The minimum atomic E-state index is -3.63. The lowest BCUT2D eigenvalue weighted by Crippen LogP contribution is -2.50. The number of aromatic nitrogens is 1. The minimum absolute atomic E-state index is 0.287. The lowest BCUT2D eigenvalue weighted by Gasteiger charge is -2.34. The molecule has 1 saturated heterocycles. The fourth-order valence-corrected chi connectivity index (χ4v) is 3.47. The van der Waals surface area contributed by atoms with Gasteiger partial charge in [0.1, 0.15) is 0 Å². The first-order valence-electron chi connectivity index (χ1n) is 6.44. The Morgan fingerprint density at radius 1 is 1.38 bits per heavy atom. The van der Waals surface area contributed by atoms with Crippen LogP contribution in [-0.2, 0) is 19.6 Å². The quantitative estimate of drug-likeness (QED) is 0.732. The van der Waals surface area contributed by atoms with Crippen molar-refractivity contribution < 1.29 is 17.9 Å². The van der Waals surface area contributed by atoms with E-state index in [4.69, 9.17) is 5.73 Å². The molecule has 1 aliphatic rings. The van der Waals surface area contributed by atoms with Gasteiger partial charge in [-0.15, -0.1) is 0 Å². The second-order valence-electron chi connectivity index (χ2n) is 4.63. The van der Waals surface area contributed by atoms with Gasteiger partial charge in [-0.3, -0.25) is 4.79 Å². The molecule has 2 rings (SSSR count). The summed E-state index contributed by atoms with van der Waals surface area (Å²) in [5, 5.41) is 0. The van der Waals surface area contributed by atoms with E-state index in [0.29, 0.717) is 24.6 Å². The van der Waals surface area contributed by atoms with Crippen molar-refractivity contribution in [3.8, 4) is 0 Å². The Kier molecular flexibility index (Phi) is 4.63. The number of nitrogens with two attached hydrogens (primary N) is 1. The number of pyridine rings is 1. The molecule has 0 unspecified atom stereocenters. The highest BCUT2D eigenvalue weighted by molar-refractivity contribution is 7.89. The summed E-state index contributed by atoms with van der Waals surface area (Å²) >= 11 is 0. The highest BCUT2D eigenvalue weighted by Crippen LogP contribution is 2.21. The number of sulfonamides is 1. The summed E-state index contributed by atoms with van der Waals surface area (Å²) in [7, 11) is -2.46. The van der Waals surface area contributed by atoms with Crippen molar-refractivity contribution in [3.05, 3.63) is 18.3 Å². The molecular weight excluding hydrogens is 296 g/mol. The van der Waals surface area contributed by atoms with E-state index in [9.17, 15) is 13.2 Å². The number of piperazine rings is 1. The fourth-order valence-electron chi connectivity index (χ4n) is 2.15. The molecule has 116 valence electrons. The molecule has 1 aromatic heterocycles. The van der Waals surface area contributed by atoms with E-state index >= 15 is 0 Å². The number of nitrogens with zero attached hydrogens (tertiary/aromatic N) is 3. The van der Waals surface area contributed by atoms with Crippen LogP contribution in [-0.4, -0.2) is 62.7 Å². The Morgan fingerprint density at radius 3 is 2.62 bits per heavy atom. The summed E-state index contributed by atoms with van der Waals surface area (Å²) in [6.45, 7) is 1.52. The Morgan fingerprint density at radius 2 is 2.05 bits per heavy atom. The molecule has 2 heterocycles. The molecule has 0 aromatic carbocycles. The van der Waals surface area contributed by atoms with Gasteiger partial charge in [0.25, 0.3) is 0 Å². The minimum Gasteiger partial charge on any atom is -0.468 e. The molecule has 0 radical (unpaired) electrons. The summed E-state index contributed by atoms with van der Waals surface area (Å²) in [5.41, 5.74) is 6.42. The standard InChI is InChI=1S/C12H18N4O4S/c1-20-11(17)9-21(18,19)16-7-5-15(6-8-16)12-10(13)3-2-4-14-12/h2-4H,5-9,13H2,1H3. The topological polar surface area (TPSA) is 106 Å². The molecule has 0 amide bonds.